The maximum absolute atomic E-state index is 10.5. The van der Waals surface area contributed by atoms with E-state index >= 15 is 0 Å². The summed E-state index contributed by atoms with van der Waals surface area (Å²) in [6.45, 7) is 3.76. The molecule has 2 rings (SSSR count). The molecule has 1 atom stereocenters. The molecule has 0 aliphatic rings. The standard InChI is InChI=1S/C21H29N3O3.HI/c1-4-22-21(23-11-10-16-8-6-5-7-9-16)24-15-20(25)17-12-18(26-2)14-19(13-17)27-3;/h5-9,12-14,20,25H,4,10-11,15H2,1-3H3,(H2,22,23,24);1H. The van der Waals surface area contributed by atoms with E-state index in [9.17, 15) is 5.11 Å². The molecule has 6 nitrogen and oxygen atoms in total. The minimum Gasteiger partial charge on any atom is -0.497 e. The number of guanidine groups is 1. The van der Waals surface area contributed by atoms with Crippen LogP contribution in [0, 0.1) is 0 Å². The summed E-state index contributed by atoms with van der Waals surface area (Å²) in [5.74, 6) is 1.96. The van der Waals surface area contributed by atoms with E-state index in [2.05, 4.69) is 27.8 Å². The van der Waals surface area contributed by atoms with Gasteiger partial charge in [-0.05, 0) is 36.6 Å². The maximum Gasteiger partial charge on any atom is 0.191 e. The number of aliphatic hydroxyl groups excluding tert-OH is 1. The molecule has 0 amide bonds. The van der Waals surface area contributed by atoms with Gasteiger partial charge in [0.15, 0.2) is 5.96 Å². The molecule has 0 saturated heterocycles. The molecule has 0 fully saturated rings. The van der Waals surface area contributed by atoms with Crippen LogP contribution in [-0.4, -0.2) is 44.9 Å². The zero-order valence-corrected chi connectivity index (χ0v) is 19.0. The smallest absolute Gasteiger partial charge is 0.191 e. The van der Waals surface area contributed by atoms with Gasteiger partial charge in [0.25, 0.3) is 0 Å². The Hall–Kier alpha value is -2.00. The summed E-state index contributed by atoms with van der Waals surface area (Å²) in [5.41, 5.74) is 1.97. The van der Waals surface area contributed by atoms with Crippen molar-refractivity contribution in [2.45, 2.75) is 19.4 Å². The summed E-state index contributed by atoms with van der Waals surface area (Å²) in [6.07, 6.45) is 0.152. The molecule has 1 unspecified atom stereocenters. The fraction of sp³-hybridized carbons (Fsp3) is 0.381. The molecule has 2 aromatic rings. The normalized spacial score (nSPS) is 11.9. The van der Waals surface area contributed by atoms with Crippen molar-refractivity contribution in [1.82, 2.24) is 10.6 Å². The molecule has 7 heteroatoms. The van der Waals surface area contributed by atoms with Gasteiger partial charge >= 0.3 is 0 Å². The van der Waals surface area contributed by atoms with E-state index < -0.39 is 6.10 Å². The number of halogens is 1. The lowest BCUT2D eigenvalue weighted by Crippen LogP contribution is -2.38. The second-order valence-corrected chi connectivity index (χ2v) is 6.04. The lowest BCUT2D eigenvalue weighted by atomic mass is 10.1. The molecular weight excluding hydrogens is 469 g/mol. The van der Waals surface area contributed by atoms with Gasteiger partial charge in [0.05, 0.1) is 26.9 Å². The molecule has 0 aromatic heterocycles. The molecule has 3 N–H and O–H groups in total. The molecule has 0 saturated carbocycles. The molecule has 0 spiro atoms. The molecule has 0 aliphatic heterocycles. The number of rotatable bonds is 9. The summed E-state index contributed by atoms with van der Waals surface area (Å²) in [5, 5.41) is 17.0. The van der Waals surface area contributed by atoms with Gasteiger partial charge in [0.2, 0.25) is 0 Å². The monoisotopic (exact) mass is 499 g/mol. The van der Waals surface area contributed by atoms with Gasteiger partial charge in [-0.1, -0.05) is 30.3 Å². The highest BCUT2D eigenvalue weighted by Crippen LogP contribution is 2.26. The van der Waals surface area contributed by atoms with Crippen molar-refractivity contribution < 1.29 is 14.6 Å². The van der Waals surface area contributed by atoms with E-state index in [0.717, 1.165) is 19.5 Å². The van der Waals surface area contributed by atoms with E-state index in [1.807, 2.05) is 25.1 Å². The number of nitrogens with zero attached hydrogens (tertiary/aromatic N) is 1. The first-order valence-electron chi connectivity index (χ1n) is 9.13. The number of aliphatic hydroxyl groups is 1. The first-order valence-corrected chi connectivity index (χ1v) is 9.13. The Morgan fingerprint density at radius 1 is 1.04 bits per heavy atom. The van der Waals surface area contributed by atoms with Crippen molar-refractivity contribution in [3.8, 4) is 11.5 Å². The van der Waals surface area contributed by atoms with Crippen molar-refractivity contribution in [2.24, 2.45) is 4.99 Å². The van der Waals surface area contributed by atoms with E-state index in [0.29, 0.717) is 23.0 Å². The zero-order valence-electron chi connectivity index (χ0n) is 16.6. The summed E-state index contributed by atoms with van der Waals surface area (Å²) in [7, 11) is 3.17. The Morgan fingerprint density at radius 2 is 1.68 bits per heavy atom. The highest BCUT2D eigenvalue weighted by atomic mass is 127. The molecule has 0 radical (unpaired) electrons. The van der Waals surface area contributed by atoms with Crippen LogP contribution in [0.2, 0.25) is 0 Å². The van der Waals surface area contributed by atoms with Gasteiger partial charge in [0.1, 0.15) is 11.5 Å². The molecule has 0 bridgehead atoms. The second kappa shape index (κ2) is 13.2. The lowest BCUT2D eigenvalue weighted by Gasteiger charge is -2.15. The molecular formula is C21H30IN3O3. The molecule has 0 heterocycles. The molecule has 154 valence electrons. The number of methoxy groups -OCH3 is 2. The van der Waals surface area contributed by atoms with Crippen LogP contribution in [0.3, 0.4) is 0 Å². The third-order valence-electron chi connectivity index (χ3n) is 4.07. The Bertz CT molecular complexity index is 704. The molecule has 28 heavy (non-hydrogen) atoms. The summed E-state index contributed by atoms with van der Waals surface area (Å²) in [4.78, 5) is 4.49. The van der Waals surface area contributed by atoms with Crippen molar-refractivity contribution in [1.29, 1.82) is 0 Å². The maximum atomic E-state index is 10.5. The summed E-state index contributed by atoms with van der Waals surface area (Å²) in [6, 6.07) is 15.6. The van der Waals surface area contributed by atoms with Gasteiger partial charge in [0, 0.05) is 19.2 Å². The quantitative estimate of drug-likeness (QED) is 0.281. The van der Waals surface area contributed by atoms with Crippen LogP contribution in [0.1, 0.15) is 24.2 Å². The van der Waals surface area contributed by atoms with Gasteiger partial charge in [-0.15, -0.1) is 24.0 Å². The van der Waals surface area contributed by atoms with Crippen molar-refractivity contribution in [2.75, 3.05) is 33.9 Å². The van der Waals surface area contributed by atoms with Crippen LogP contribution in [0.15, 0.2) is 53.5 Å². The van der Waals surface area contributed by atoms with Gasteiger partial charge in [-0.25, -0.2) is 0 Å². The van der Waals surface area contributed by atoms with E-state index in [4.69, 9.17) is 9.47 Å². The average Bonchev–Trinajstić information content (AvgIpc) is 2.72. The Labute approximate surface area is 184 Å². The fourth-order valence-corrected chi connectivity index (χ4v) is 2.62. The number of ether oxygens (including phenoxy) is 2. The molecule has 2 aromatic carbocycles. The minimum atomic E-state index is -0.751. The number of nitrogens with one attached hydrogen (secondary N) is 2. The van der Waals surface area contributed by atoms with Crippen LogP contribution in [0.4, 0.5) is 0 Å². The first kappa shape index (κ1) is 24.0. The number of aliphatic imine (C=N–C) groups is 1. The number of hydrogen-bond donors (Lipinski definition) is 3. The fourth-order valence-electron chi connectivity index (χ4n) is 2.62. The number of hydrogen-bond acceptors (Lipinski definition) is 4. The van der Waals surface area contributed by atoms with E-state index in [-0.39, 0.29) is 30.5 Å². The highest BCUT2D eigenvalue weighted by molar-refractivity contribution is 14.0. The van der Waals surface area contributed by atoms with Crippen LogP contribution in [-0.2, 0) is 6.42 Å². The lowest BCUT2D eigenvalue weighted by molar-refractivity contribution is 0.186. The Morgan fingerprint density at radius 3 is 2.25 bits per heavy atom. The van der Waals surface area contributed by atoms with Crippen molar-refractivity contribution in [3.05, 3.63) is 59.7 Å². The third-order valence-corrected chi connectivity index (χ3v) is 4.07. The zero-order chi connectivity index (χ0) is 19.5. The number of benzene rings is 2. The Kier molecular flexibility index (Phi) is 11.4. The molecule has 0 aliphatic carbocycles. The van der Waals surface area contributed by atoms with Crippen LogP contribution in [0.5, 0.6) is 11.5 Å². The summed E-state index contributed by atoms with van der Waals surface area (Å²) < 4.78 is 10.5. The largest absolute Gasteiger partial charge is 0.497 e. The highest BCUT2D eigenvalue weighted by Gasteiger charge is 2.11. The minimum absolute atomic E-state index is 0. The third kappa shape index (κ3) is 7.93. The first-order chi connectivity index (χ1) is 13.2. The van der Waals surface area contributed by atoms with Gasteiger partial charge in [-0.3, -0.25) is 4.99 Å². The van der Waals surface area contributed by atoms with E-state index in [1.54, 1.807) is 32.4 Å². The predicted octanol–water partition coefficient (Wildman–Crippen LogP) is 3.15. The van der Waals surface area contributed by atoms with Crippen molar-refractivity contribution >= 4 is 29.9 Å². The van der Waals surface area contributed by atoms with Gasteiger partial charge in [-0.2, -0.15) is 0 Å². The SMILES string of the molecule is CCNC(=NCC(O)c1cc(OC)cc(OC)c1)NCCc1ccccc1.I. The predicted molar refractivity (Wildman–Crippen MR) is 124 cm³/mol. The second-order valence-electron chi connectivity index (χ2n) is 6.04. The van der Waals surface area contributed by atoms with Gasteiger partial charge < -0.3 is 25.2 Å². The van der Waals surface area contributed by atoms with Crippen LogP contribution >= 0.6 is 24.0 Å². The Balaban J connectivity index is 0.00000392. The van der Waals surface area contributed by atoms with Crippen LogP contribution < -0.4 is 20.1 Å². The van der Waals surface area contributed by atoms with E-state index in [1.165, 1.54) is 5.56 Å². The topological polar surface area (TPSA) is 75.1 Å². The average molecular weight is 499 g/mol. The van der Waals surface area contributed by atoms with Crippen molar-refractivity contribution in [3.63, 3.8) is 0 Å². The van der Waals surface area contributed by atoms with Crippen LogP contribution in [0.25, 0.3) is 0 Å². The summed E-state index contributed by atoms with van der Waals surface area (Å²) >= 11 is 0.